The molecule has 0 atom stereocenters. The fourth-order valence-electron chi connectivity index (χ4n) is 4.79. The van der Waals surface area contributed by atoms with Gasteiger partial charge in [-0.25, -0.2) is 19.9 Å². The molecule has 0 spiro atoms. The Hall–Kier alpha value is -4.42. The van der Waals surface area contributed by atoms with E-state index in [4.69, 9.17) is 0 Å². The monoisotopic (exact) mass is 576 g/mol. The number of halogens is 3. The predicted molar refractivity (Wildman–Crippen MR) is 154 cm³/mol. The molecule has 0 unspecified atom stereocenters. The summed E-state index contributed by atoms with van der Waals surface area (Å²) in [6.45, 7) is 8.11. The maximum absolute atomic E-state index is 14.0. The molecule has 218 valence electrons. The van der Waals surface area contributed by atoms with Crippen LogP contribution in [0, 0.1) is 6.92 Å². The van der Waals surface area contributed by atoms with Crippen molar-refractivity contribution >= 4 is 23.2 Å². The molecular formula is C30H31F3N8O. The zero-order valence-electron chi connectivity index (χ0n) is 23.3. The molecule has 1 aliphatic heterocycles. The molecule has 12 heteroatoms. The number of hydrogen-bond donors (Lipinski definition) is 2. The maximum Gasteiger partial charge on any atom is 0.416 e. The Balaban J connectivity index is 1.31. The number of benzene rings is 2. The summed E-state index contributed by atoms with van der Waals surface area (Å²) in [6, 6.07) is 10.7. The number of rotatable bonds is 8. The van der Waals surface area contributed by atoms with Crippen LogP contribution in [0.3, 0.4) is 0 Å². The SMILES string of the molecule is CCN1CCN(Cc2ccc(C(=O)Nc3ccc(C)c(Nc4nccc(-c5cncnc5)n4)c3)cc2C(F)(F)F)CC1. The van der Waals surface area contributed by atoms with Gasteiger partial charge in [0.25, 0.3) is 5.91 Å². The Kier molecular flexibility index (Phi) is 8.74. The van der Waals surface area contributed by atoms with Crippen LogP contribution >= 0.6 is 0 Å². The summed E-state index contributed by atoms with van der Waals surface area (Å²) in [5, 5.41) is 5.87. The van der Waals surface area contributed by atoms with Crippen LogP contribution in [0.15, 0.2) is 67.4 Å². The average Bonchev–Trinajstić information content (AvgIpc) is 2.99. The van der Waals surface area contributed by atoms with Crippen LogP contribution in [0.5, 0.6) is 0 Å². The summed E-state index contributed by atoms with van der Waals surface area (Å²) < 4.78 is 42.1. The minimum atomic E-state index is -4.59. The summed E-state index contributed by atoms with van der Waals surface area (Å²) in [5.41, 5.74) is 2.55. The number of alkyl halides is 3. The van der Waals surface area contributed by atoms with Crippen molar-refractivity contribution in [3.05, 3.63) is 89.6 Å². The van der Waals surface area contributed by atoms with Gasteiger partial charge in [-0.15, -0.1) is 0 Å². The van der Waals surface area contributed by atoms with E-state index < -0.39 is 17.6 Å². The molecule has 2 aromatic heterocycles. The van der Waals surface area contributed by atoms with E-state index in [1.54, 1.807) is 42.9 Å². The molecular weight excluding hydrogens is 545 g/mol. The molecule has 1 amide bonds. The summed E-state index contributed by atoms with van der Waals surface area (Å²) in [6.07, 6.45) is 1.74. The molecule has 5 rings (SSSR count). The second-order valence-corrected chi connectivity index (χ2v) is 10.1. The Morgan fingerprint density at radius 3 is 2.43 bits per heavy atom. The number of likely N-dealkylation sites (N-methyl/N-ethyl adjacent to an activating group) is 1. The Morgan fingerprint density at radius 2 is 1.71 bits per heavy atom. The summed E-state index contributed by atoms with van der Waals surface area (Å²) in [7, 11) is 0. The zero-order chi connectivity index (χ0) is 29.7. The number of anilines is 3. The Labute approximate surface area is 241 Å². The molecule has 0 bridgehead atoms. The average molecular weight is 577 g/mol. The number of aryl methyl sites for hydroxylation is 1. The summed E-state index contributed by atoms with van der Waals surface area (Å²) in [4.78, 5) is 34.1. The second-order valence-electron chi connectivity index (χ2n) is 10.1. The van der Waals surface area contributed by atoms with Crippen molar-refractivity contribution in [2.75, 3.05) is 43.4 Å². The maximum atomic E-state index is 14.0. The molecule has 9 nitrogen and oxygen atoms in total. The van der Waals surface area contributed by atoms with Gasteiger partial charge in [-0.1, -0.05) is 19.1 Å². The van der Waals surface area contributed by atoms with Gasteiger partial charge in [-0.3, -0.25) is 9.69 Å². The van der Waals surface area contributed by atoms with Crippen LogP contribution in [0.25, 0.3) is 11.3 Å². The van der Waals surface area contributed by atoms with Crippen molar-refractivity contribution in [3.63, 3.8) is 0 Å². The number of carbonyl (C=O) groups excluding carboxylic acids is 1. The van der Waals surface area contributed by atoms with Crippen LogP contribution in [-0.4, -0.2) is 68.4 Å². The first-order chi connectivity index (χ1) is 20.2. The summed E-state index contributed by atoms with van der Waals surface area (Å²) >= 11 is 0. The molecule has 1 saturated heterocycles. The molecule has 42 heavy (non-hydrogen) atoms. The molecule has 1 aliphatic rings. The number of piperazine rings is 1. The molecule has 0 aliphatic carbocycles. The third-order valence-corrected chi connectivity index (χ3v) is 7.24. The van der Waals surface area contributed by atoms with Gasteiger partial charge in [0.15, 0.2) is 0 Å². The van der Waals surface area contributed by atoms with Crippen LogP contribution in [0.4, 0.5) is 30.5 Å². The normalized spacial score (nSPS) is 14.5. The molecule has 4 aromatic rings. The first-order valence-corrected chi connectivity index (χ1v) is 13.6. The number of hydrogen-bond acceptors (Lipinski definition) is 8. The van der Waals surface area contributed by atoms with E-state index in [1.165, 1.54) is 18.5 Å². The minimum absolute atomic E-state index is 0.0712. The number of carbonyl (C=O) groups is 1. The van der Waals surface area contributed by atoms with Gasteiger partial charge in [-0.2, -0.15) is 13.2 Å². The number of nitrogens with zero attached hydrogens (tertiary/aromatic N) is 6. The lowest BCUT2D eigenvalue weighted by Gasteiger charge is -2.34. The molecule has 3 heterocycles. The highest BCUT2D eigenvalue weighted by Gasteiger charge is 2.34. The highest BCUT2D eigenvalue weighted by atomic mass is 19.4. The van der Waals surface area contributed by atoms with E-state index in [0.29, 0.717) is 36.1 Å². The van der Waals surface area contributed by atoms with Crippen LogP contribution in [0.1, 0.15) is 34.0 Å². The molecule has 1 fully saturated rings. The summed E-state index contributed by atoms with van der Waals surface area (Å²) in [5.74, 6) is -0.315. The smallest absolute Gasteiger partial charge is 0.324 e. The van der Waals surface area contributed by atoms with E-state index in [9.17, 15) is 18.0 Å². The lowest BCUT2D eigenvalue weighted by Crippen LogP contribution is -2.45. The first-order valence-electron chi connectivity index (χ1n) is 13.6. The minimum Gasteiger partial charge on any atom is -0.324 e. The van der Waals surface area contributed by atoms with Gasteiger partial charge in [0, 0.05) is 73.8 Å². The quantitative estimate of drug-likeness (QED) is 0.288. The van der Waals surface area contributed by atoms with Gasteiger partial charge in [0.1, 0.15) is 6.33 Å². The van der Waals surface area contributed by atoms with E-state index in [2.05, 4.69) is 42.4 Å². The highest BCUT2D eigenvalue weighted by Crippen LogP contribution is 2.34. The highest BCUT2D eigenvalue weighted by molar-refractivity contribution is 6.04. The fraction of sp³-hybridized carbons (Fsp3) is 0.300. The third kappa shape index (κ3) is 7.07. The second kappa shape index (κ2) is 12.6. The molecule has 0 radical (unpaired) electrons. The van der Waals surface area contributed by atoms with Crippen molar-refractivity contribution in [1.29, 1.82) is 0 Å². The topological polar surface area (TPSA) is 99.2 Å². The lowest BCUT2D eigenvalue weighted by atomic mass is 10.0. The first kappa shape index (κ1) is 29.1. The molecule has 2 N–H and O–H groups in total. The zero-order valence-corrected chi connectivity index (χ0v) is 23.3. The molecule has 2 aromatic carbocycles. The van der Waals surface area contributed by atoms with Crippen LogP contribution in [0.2, 0.25) is 0 Å². The van der Waals surface area contributed by atoms with E-state index in [0.717, 1.165) is 36.8 Å². The van der Waals surface area contributed by atoms with Crippen molar-refractivity contribution in [2.45, 2.75) is 26.6 Å². The van der Waals surface area contributed by atoms with Crippen LogP contribution in [-0.2, 0) is 12.7 Å². The van der Waals surface area contributed by atoms with Gasteiger partial charge < -0.3 is 15.5 Å². The van der Waals surface area contributed by atoms with Crippen molar-refractivity contribution < 1.29 is 18.0 Å². The van der Waals surface area contributed by atoms with Gasteiger partial charge >= 0.3 is 6.18 Å². The molecule has 0 saturated carbocycles. The van der Waals surface area contributed by atoms with E-state index in [-0.39, 0.29) is 17.7 Å². The Bertz CT molecular complexity index is 1540. The van der Waals surface area contributed by atoms with Gasteiger partial charge in [0.2, 0.25) is 5.95 Å². The largest absolute Gasteiger partial charge is 0.416 e. The number of nitrogens with one attached hydrogen (secondary N) is 2. The van der Waals surface area contributed by atoms with Crippen molar-refractivity contribution in [1.82, 2.24) is 29.7 Å². The van der Waals surface area contributed by atoms with Crippen molar-refractivity contribution in [2.24, 2.45) is 0 Å². The third-order valence-electron chi connectivity index (χ3n) is 7.24. The van der Waals surface area contributed by atoms with Gasteiger partial charge in [0.05, 0.1) is 11.3 Å². The fourth-order valence-corrected chi connectivity index (χ4v) is 4.79. The van der Waals surface area contributed by atoms with E-state index >= 15 is 0 Å². The number of amides is 1. The predicted octanol–water partition coefficient (Wildman–Crippen LogP) is 5.39. The van der Waals surface area contributed by atoms with E-state index in [1.807, 2.05) is 11.8 Å². The van der Waals surface area contributed by atoms with Crippen LogP contribution < -0.4 is 10.6 Å². The van der Waals surface area contributed by atoms with Gasteiger partial charge in [-0.05, 0) is 54.9 Å². The Morgan fingerprint density at radius 1 is 0.976 bits per heavy atom. The van der Waals surface area contributed by atoms with Crippen molar-refractivity contribution in [3.8, 4) is 11.3 Å². The number of aromatic nitrogens is 4. The standard InChI is InChI=1S/C30H31F3N8O/c1-3-40-10-12-41(13-11-40)18-22-6-5-21(14-25(22)30(31,32)33)28(42)37-24-7-4-20(2)27(15-24)39-29-36-9-8-26(38-29)23-16-34-19-35-17-23/h4-9,14-17,19H,3,10-13,18H2,1-2H3,(H,37,42)(H,36,38,39). The lowest BCUT2D eigenvalue weighted by molar-refractivity contribution is -0.138.